The third kappa shape index (κ3) is 4.45. The minimum atomic E-state index is -3.62. The molecule has 7 nitrogen and oxygen atoms in total. The van der Waals surface area contributed by atoms with Crippen molar-refractivity contribution < 1.29 is 17.6 Å². The van der Waals surface area contributed by atoms with E-state index in [4.69, 9.17) is 4.42 Å². The summed E-state index contributed by atoms with van der Waals surface area (Å²) in [5, 5.41) is 3.75. The zero-order chi connectivity index (χ0) is 17.7. The van der Waals surface area contributed by atoms with Crippen molar-refractivity contribution in [3.8, 4) is 0 Å². The molecule has 0 unspecified atom stereocenters. The van der Waals surface area contributed by atoms with Gasteiger partial charge < -0.3 is 4.42 Å². The predicted molar refractivity (Wildman–Crippen MR) is 92.6 cm³/mol. The van der Waals surface area contributed by atoms with E-state index in [1.54, 1.807) is 38.1 Å². The molecular weight excluding hydrogens is 330 g/mol. The number of benzene rings is 1. The van der Waals surface area contributed by atoms with Crippen molar-refractivity contribution in [2.75, 3.05) is 17.1 Å². The maximum atomic E-state index is 12.1. The van der Waals surface area contributed by atoms with Crippen LogP contribution in [-0.4, -0.2) is 33.3 Å². The van der Waals surface area contributed by atoms with Crippen LogP contribution in [-0.2, 0) is 14.8 Å². The van der Waals surface area contributed by atoms with Crippen LogP contribution in [0.25, 0.3) is 0 Å². The van der Waals surface area contributed by atoms with Crippen molar-refractivity contribution in [1.29, 1.82) is 0 Å². The largest absolute Gasteiger partial charge is 0.463 e. The van der Waals surface area contributed by atoms with Gasteiger partial charge in [0.1, 0.15) is 12.3 Å². The molecule has 24 heavy (non-hydrogen) atoms. The quantitative estimate of drug-likeness (QED) is 0.636. The van der Waals surface area contributed by atoms with Gasteiger partial charge in [0.2, 0.25) is 10.0 Å². The van der Waals surface area contributed by atoms with Gasteiger partial charge in [0, 0.05) is 0 Å². The highest BCUT2D eigenvalue weighted by molar-refractivity contribution is 7.92. The molecule has 2 aromatic rings. The van der Waals surface area contributed by atoms with E-state index < -0.39 is 15.9 Å². The summed E-state index contributed by atoms with van der Waals surface area (Å²) in [6.07, 6.45) is 3.88. The number of hydrogen-bond donors (Lipinski definition) is 1. The molecule has 0 aliphatic carbocycles. The summed E-state index contributed by atoms with van der Waals surface area (Å²) in [5.74, 6) is -0.0732. The van der Waals surface area contributed by atoms with E-state index >= 15 is 0 Å². The standard InChI is InChI=1S/C16H19N3O4S/c1-12-6-4-7-13(2)16(12)19(24(3,21)22)11-15(20)18-17-10-14-8-5-9-23-14/h4-10H,11H2,1-3H3,(H,18,20)/b17-10+. The Morgan fingerprint density at radius 2 is 1.92 bits per heavy atom. The summed E-state index contributed by atoms with van der Waals surface area (Å²) >= 11 is 0. The van der Waals surface area contributed by atoms with Crippen LogP contribution in [0.15, 0.2) is 46.1 Å². The molecule has 8 heteroatoms. The number of sulfonamides is 1. The van der Waals surface area contributed by atoms with E-state index in [2.05, 4.69) is 10.5 Å². The second-order valence-electron chi connectivity index (χ2n) is 5.32. The van der Waals surface area contributed by atoms with Crippen LogP contribution >= 0.6 is 0 Å². The molecule has 0 radical (unpaired) electrons. The van der Waals surface area contributed by atoms with Crippen molar-refractivity contribution in [2.24, 2.45) is 5.10 Å². The van der Waals surface area contributed by atoms with Gasteiger partial charge in [-0.05, 0) is 37.1 Å². The lowest BCUT2D eigenvalue weighted by Crippen LogP contribution is -2.39. The average Bonchev–Trinajstić information content (AvgIpc) is 2.98. The van der Waals surface area contributed by atoms with Crippen molar-refractivity contribution in [1.82, 2.24) is 5.43 Å². The van der Waals surface area contributed by atoms with Crippen LogP contribution in [0.4, 0.5) is 5.69 Å². The Kier molecular flexibility index (Phi) is 5.40. The number of nitrogens with one attached hydrogen (secondary N) is 1. The Morgan fingerprint density at radius 3 is 2.46 bits per heavy atom. The molecule has 0 fully saturated rings. The third-order valence-corrected chi connectivity index (χ3v) is 4.41. The Hall–Kier alpha value is -2.61. The SMILES string of the molecule is Cc1cccc(C)c1N(CC(=O)N/N=C/c1ccco1)S(C)(=O)=O. The highest BCUT2D eigenvalue weighted by atomic mass is 32.2. The summed E-state index contributed by atoms with van der Waals surface area (Å²) in [6, 6.07) is 8.80. The molecule has 1 aromatic heterocycles. The van der Waals surface area contributed by atoms with Crippen LogP contribution in [0.5, 0.6) is 0 Å². The van der Waals surface area contributed by atoms with Crippen LogP contribution in [0.2, 0.25) is 0 Å². The van der Waals surface area contributed by atoms with Crippen molar-refractivity contribution >= 4 is 27.8 Å². The van der Waals surface area contributed by atoms with Gasteiger partial charge in [-0.1, -0.05) is 18.2 Å². The Labute approximate surface area is 141 Å². The summed E-state index contributed by atoms with van der Waals surface area (Å²) in [6.45, 7) is 3.24. The summed E-state index contributed by atoms with van der Waals surface area (Å²) < 4.78 is 30.4. The number of hydrazone groups is 1. The number of anilines is 1. The van der Waals surface area contributed by atoms with E-state index in [-0.39, 0.29) is 6.54 Å². The number of aryl methyl sites for hydroxylation is 2. The molecule has 128 valence electrons. The van der Waals surface area contributed by atoms with Gasteiger partial charge in [-0.3, -0.25) is 9.10 Å². The predicted octanol–water partition coefficient (Wildman–Crippen LogP) is 1.81. The molecule has 0 spiro atoms. The maximum Gasteiger partial charge on any atom is 0.260 e. The number of carbonyl (C=O) groups excluding carboxylic acids is 1. The van der Waals surface area contributed by atoms with Crippen molar-refractivity contribution in [3.63, 3.8) is 0 Å². The first-order valence-corrected chi connectivity index (χ1v) is 9.03. The van der Waals surface area contributed by atoms with E-state index in [1.807, 2.05) is 6.07 Å². The Bertz CT molecular complexity index is 822. The molecule has 0 saturated heterocycles. The van der Waals surface area contributed by atoms with Crippen molar-refractivity contribution in [2.45, 2.75) is 13.8 Å². The van der Waals surface area contributed by atoms with Gasteiger partial charge in [-0.15, -0.1) is 0 Å². The van der Waals surface area contributed by atoms with E-state index in [9.17, 15) is 13.2 Å². The van der Waals surface area contributed by atoms with Crippen LogP contribution < -0.4 is 9.73 Å². The summed E-state index contributed by atoms with van der Waals surface area (Å²) in [5.41, 5.74) is 4.34. The third-order valence-electron chi connectivity index (χ3n) is 3.30. The molecule has 1 N–H and O–H groups in total. The molecule has 0 saturated carbocycles. The Morgan fingerprint density at radius 1 is 1.25 bits per heavy atom. The first-order valence-electron chi connectivity index (χ1n) is 7.18. The second kappa shape index (κ2) is 7.31. The molecule has 0 bridgehead atoms. The fraction of sp³-hybridized carbons (Fsp3) is 0.250. The fourth-order valence-electron chi connectivity index (χ4n) is 2.26. The molecule has 0 atom stereocenters. The summed E-state index contributed by atoms with van der Waals surface area (Å²) in [7, 11) is -3.62. The minimum Gasteiger partial charge on any atom is -0.463 e. The summed E-state index contributed by atoms with van der Waals surface area (Å²) in [4.78, 5) is 12.1. The first kappa shape index (κ1) is 17.7. The molecular formula is C16H19N3O4S. The molecule has 1 heterocycles. The number of para-hydroxylation sites is 1. The number of carbonyl (C=O) groups is 1. The lowest BCUT2D eigenvalue weighted by molar-refractivity contribution is -0.119. The zero-order valence-corrected chi connectivity index (χ0v) is 14.5. The molecule has 1 amide bonds. The highest BCUT2D eigenvalue weighted by Gasteiger charge is 2.23. The van der Waals surface area contributed by atoms with Crippen LogP contribution in [0.1, 0.15) is 16.9 Å². The topological polar surface area (TPSA) is 92.0 Å². The van der Waals surface area contributed by atoms with E-state index in [0.29, 0.717) is 11.4 Å². The number of furan rings is 1. The molecule has 0 aliphatic rings. The highest BCUT2D eigenvalue weighted by Crippen LogP contribution is 2.26. The average molecular weight is 349 g/mol. The normalized spacial score (nSPS) is 11.6. The van der Waals surface area contributed by atoms with Crippen LogP contribution in [0.3, 0.4) is 0 Å². The zero-order valence-electron chi connectivity index (χ0n) is 13.7. The van der Waals surface area contributed by atoms with Gasteiger partial charge in [0.05, 0.1) is 24.4 Å². The minimum absolute atomic E-state index is 0.361. The monoisotopic (exact) mass is 349 g/mol. The van der Waals surface area contributed by atoms with Gasteiger partial charge in [-0.25, -0.2) is 13.8 Å². The second-order valence-corrected chi connectivity index (χ2v) is 7.23. The van der Waals surface area contributed by atoms with Gasteiger partial charge in [-0.2, -0.15) is 5.10 Å². The van der Waals surface area contributed by atoms with Gasteiger partial charge in [0.15, 0.2) is 0 Å². The van der Waals surface area contributed by atoms with E-state index in [1.165, 1.54) is 12.5 Å². The lowest BCUT2D eigenvalue weighted by Gasteiger charge is -2.25. The van der Waals surface area contributed by atoms with E-state index in [0.717, 1.165) is 21.7 Å². The van der Waals surface area contributed by atoms with Gasteiger partial charge in [0.25, 0.3) is 5.91 Å². The smallest absolute Gasteiger partial charge is 0.260 e. The number of amides is 1. The first-order chi connectivity index (χ1) is 11.3. The number of nitrogens with zero attached hydrogens (tertiary/aromatic N) is 2. The van der Waals surface area contributed by atoms with Gasteiger partial charge >= 0.3 is 0 Å². The molecule has 0 aliphatic heterocycles. The Balaban J connectivity index is 2.17. The molecule has 1 aromatic carbocycles. The molecule has 2 rings (SSSR count). The van der Waals surface area contributed by atoms with Crippen molar-refractivity contribution in [3.05, 3.63) is 53.5 Å². The lowest BCUT2D eigenvalue weighted by atomic mass is 10.1. The number of hydrogen-bond acceptors (Lipinski definition) is 5. The van der Waals surface area contributed by atoms with Crippen LogP contribution in [0, 0.1) is 13.8 Å². The maximum absolute atomic E-state index is 12.1. The number of rotatable bonds is 6. The fourth-order valence-corrected chi connectivity index (χ4v) is 3.23.